The van der Waals surface area contributed by atoms with Crippen molar-refractivity contribution in [2.75, 3.05) is 44.4 Å². The van der Waals surface area contributed by atoms with Gasteiger partial charge in [-0.25, -0.2) is 0 Å². The molecule has 2 aliphatic heterocycles. The van der Waals surface area contributed by atoms with Crippen molar-refractivity contribution in [1.82, 2.24) is 9.80 Å². The maximum atomic E-state index is 12.9. The van der Waals surface area contributed by atoms with Crippen LogP contribution < -0.4 is 4.90 Å². The van der Waals surface area contributed by atoms with Crippen LogP contribution in [-0.4, -0.2) is 67.1 Å². The Labute approximate surface area is 148 Å². The zero-order valence-corrected chi connectivity index (χ0v) is 15.2. The number of fused-ring (bicyclic) bond motifs is 1. The largest absolute Gasteiger partial charge is 0.337 e. The van der Waals surface area contributed by atoms with Crippen LogP contribution in [0, 0.1) is 0 Å². The van der Waals surface area contributed by atoms with Crippen molar-refractivity contribution in [1.29, 1.82) is 0 Å². The zero-order chi connectivity index (χ0) is 17.1. The van der Waals surface area contributed by atoms with Gasteiger partial charge in [0.15, 0.2) is 0 Å². The van der Waals surface area contributed by atoms with Crippen LogP contribution in [0.5, 0.6) is 0 Å². The zero-order valence-electron chi connectivity index (χ0n) is 14.4. The van der Waals surface area contributed by atoms with Crippen molar-refractivity contribution in [3.05, 3.63) is 24.3 Å². The third-order valence-electron chi connectivity index (χ3n) is 4.63. The molecule has 130 valence electrons. The Balaban J connectivity index is 1.75. The lowest BCUT2D eigenvalue weighted by molar-refractivity contribution is -0.134. The highest BCUT2D eigenvalue weighted by atomic mass is 32.2. The predicted octanol–water partition coefficient (Wildman–Crippen LogP) is 2.07. The summed E-state index contributed by atoms with van der Waals surface area (Å²) in [4.78, 5) is 32.1. The van der Waals surface area contributed by atoms with E-state index in [2.05, 4.69) is 4.90 Å². The molecule has 0 aromatic heterocycles. The summed E-state index contributed by atoms with van der Waals surface area (Å²) in [6, 6.07) is 8.09. The van der Waals surface area contributed by atoms with E-state index in [1.165, 1.54) is 6.42 Å². The van der Waals surface area contributed by atoms with Crippen molar-refractivity contribution in [2.45, 2.75) is 30.2 Å². The lowest BCUT2D eigenvalue weighted by Gasteiger charge is -2.39. The van der Waals surface area contributed by atoms with Crippen molar-refractivity contribution >= 4 is 29.3 Å². The summed E-state index contributed by atoms with van der Waals surface area (Å²) in [5.74, 6) is 0.496. The van der Waals surface area contributed by atoms with Crippen LogP contribution >= 0.6 is 11.8 Å². The van der Waals surface area contributed by atoms with Gasteiger partial charge in [0.1, 0.15) is 6.54 Å². The van der Waals surface area contributed by atoms with Crippen molar-refractivity contribution in [3.63, 3.8) is 0 Å². The van der Waals surface area contributed by atoms with Gasteiger partial charge < -0.3 is 14.7 Å². The number of hydrogen-bond acceptors (Lipinski definition) is 4. The topological polar surface area (TPSA) is 43.9 Å². The molecular weight excluding hydrogens is 322 g/mol. The maximum absolute atomic E-state index is 12.9. The fourth-order valence-corrected chi connectivity index (χ4v) is 4.43. The molecule has 5 nitrogen and oxygen atoms in total. The molecule has 2 amide bonds. The second kappa shape index (κ2) is 7.57. The van der Waals surface area contributed by atoms with E-state index in [0.717, 1.165) is 36.5 Å². The molecule has 0 aliphatic carbocycles. The number of para-hydroxylation sites is 1. The van der Waals surface area contributed by atoms with Crippen LogP contribution in [0.15, 0.2) is 29.2 Å². The monoisotopic (exact) mass is 347 g/mol. The van der Waals surface area contributed by atoms with E-state index in [-0.39, 0.29) is 24.4 Å². The van der Waals surface area contributed by atoms with Gasteiger partial charge in [-0.1, -0.05) is 12.1 Å². The number of hydrogen-bond donors (Lipinski definition) is 0. The Kier molecular flexibility index (Phi) is 5.46. The molecule has 1 saturated heterocycles. The molecule has 0 unspecified atom stereocenters. The molecule has 1 aromatic carbocycles. The van der Waals surface area contributed by atoms with E-state index in [1.54, 1.807) is 16.7 Å². The molecule has 0 saturated carbocycles. The third kappa shape index (κ3) is 3.75. The molecule has 2 heterocycles. The summed E-state index contributed by atoms with van der Waals surface area (Å²) < 4.78 is 0. The first-order valence-corrected chi connectivity index (χ1v) is 9.51. The van der Waals surface area contributed by atoms with Crippen LogP contribution in [0.4, 0.5) is 5.69 Å². The highest BCUT2D eigenvalue weighted by molar-refractivity contribution is 8.00. The molecule has 0 bridgehead atoms. The molecule has 1 aromatic rings. The molecule has 3 rings (SSSR count). The Hall–Kier alpha value is -1.53. The summed E-state index contributed by atoms with van der Waals surface area (Å²) in [5, 5.41) is 0. The van der Waals surface area contributed by atoms with Gasteiger partial charge in [0.05, 0.1) is 11.4 Å². The Morgan fingerprint density at radius 2 is 2.08 bits per heavy atom. The number of carbonyl (C=O) groups excluding carboxylic acids is 2. The molecule has 1 fully saturated rings. The molecule has 0 radical (unpaired) electrons. The van der Waals surface area contributed by atoms with Crippen LogP contribution in [0.3, 0.4) is 0 Å². The minimum atomic E-state index is 0.0215. The lowest BCUT2D eigenvalue weighted by Crippen LogP contribution is -2.52. The van der Waals surface area contributed by atoms with E-state index in [0.29, 0.717) is 5.75 Å². The number of amides is 2. The highest BCUT2D eigenvalue weighted by Gasteiger charge is 2.31. The first kappa shape index (κ1) is 17.3. The summed E-state index contributed by atoms with van der Waals surface area (Å²) in [6.07, 6.45) is 3.27. The summed E-state index contributed by atoms with van der Waals surface area (Å²) in [5.41, 5.74) is 0.869. The van der Waals surface area contributed by atoms with Gasteiger partial charge >= 0.3 is 0 Å². The number of piperidine rings is 1. The average molecular weight is 347 g/mol. The summed E-state index contributed by atoms with van der Waals surface area (Å²) >= 11 is 1.55. The highest BCUT2D eigenvalue weighted by Crippen LogP contribution is 2.35. The molecule has 0 spiro atoms. The second-order valence-electron chi connectivity index (χ2n) is 6.74. The van der Waals surface area contributed by atoms with Crippen molar-refractivity contribution in [2.24, 2.45) is 0 Å². The van der Waals surface area contributed by atoms with Gasteiger partial charge in [-0.2, -0.15) is 0 Å². The molecular formula is C18H25N3O2S. The first-order chi connectivity index (χ1) is 11.6. The van der Waals surface area contributed by atoms with E-state index in [4.69, 9.17) is 0 Å². The van der Waals surface area contributed by atoms with E-state index in [1.807, 2.05) is 43.3 Å². The minimum Gasteiger partial charge on any atom is -0.337 e. The molecule has 1 atom stereocenters. The number of thioether (sulfide) groups is 1. The van der Waals surface area contributed by atoms with Crippen LogP contribution in [0.25, 0.3) is 0 Å². The second-order valence-corrected chi connectivity index (χ2v) is 7.75. The van der Waals surface area contributed by atoms with E-state index in [9.17, 15) is 9.59 Å². The smallest absolute Gasteiger partial charge is 0.242 e. The van der Waals surface area contributed by atoms with Crippen LogP contribution in [0.1, 0.15) is 19.3 Å². The van der Waals surface area contributed by atoms with Crippen LogP contribution in [0.2, 0.25) is 0 Å². The number of nitrogens with zero attached hydrogens (tertiary/aromatic N) is 3. The van der Waals surface area contributed by atoms with Gasteiger partial charge in [-0.05, 0) is 45.5 Å². The molecule has 6 heteroatoms. The van der Waals surface area contributed by atoms with Gasteiger partial charge in [0.25, 0.3) is 0 Å². The number of likely N-dealkylation sites (tertiary alicyclic amines) is 1. The Morgan fingerprint density at radius 1 is 1.29 bits per heavy atom. The van der Waals surface area contributed by atoms with Gasteiger partial charge in [-0.15, -0.1) is 11.8 Å². The Bertz CT molecular complexity index is 620. The SMILES string of the molecule is CN(C)C[C@H]1CCCCN1C(=O)CN1C(=O)CSc2ccccc21. The molecule has 0 N–H and O–H groups in total. The number of benzene rings is 1. The number of likely N-dealkylation sites (N-methyl/N-ethyl adjacent to an activating group) is 1. The normalized spacial score (nSPS) is 21.1. The Morgan fingerprint density at radius 3 is 2.88 bits per heavy atom. The van der Waals surface area contributed by atoms with E-state index >= 15 is 0 Å². The summed E-state index contributed by atoms with van der Waals surface area (Å²) in [6.45, 7) is 1.84. The molecule has 2 aliphatic rings. The first-order valence-electron chi connectivity index (χ1n) is 8.52. The molecule has 24 heavy (non-hydrogen) atoms. The summed E-state index contributed by atoms with van der Waals surface area (Å²) in [7, 11) is 4.08. The average Bonchev–Trinajstić information content (AvgIpc) is 2.57. The predicted molar refractivity (Wildman–Crippen MR) is 97.4 cm³/mol. The quantitative estimate of drug-likeness (QED) is 0.836. The minimum absolute atomic E-state index is 0.0215. The lowest BCUT2D eigenvalue weighted by atomic mass is 10.0. The van der Waals surface area contributed by atoms with Gasteiger partial charge in [0, 0.05) is 24.0 Å². The van der Waals surface area contributed by atoms with Crippen molar-refractivity contribution < 1.29 is 9.59 Å². The number of rotatable bonds is 4. The fourth-order valence-electron chi connectivity index (χ4n) is 3.49. The maximum Gasteiger partial charge on any atom is 0.242 e. The van der Waals surface area contributed by atoms with Crippen LogP contribution in [-0.2, 0) is 9.59 Å². The van der Waals surface area contributed by atoms with Crippen molar-refractivity contribution in [3.8, 4) is 0 Å². The van der Waals surface area contributed by atoms with E-state index < -0.39 is 0 Å². The number of anilines is 1. The number of carbonyl (C=O) groups is 2. The van der Waals surface area contributed by atoms with Gasteiger partial charge in [0.2, 0.25) is 11.8 Å². The third-order valence-corrected chi connectivity index (χ3v) is 5.67. The standard InChI is InChI=1S/C18H25N3O2S/c1-19(2)11-14-7-5-6-10-20(14)17(22)12-21-15-8-3-4-9-16(15)24-13-18(21)23/h3-4,8-9,14H,5-7,10-13H2,1-2H3/t14-/m1/s1. The fraction of sp³-hybridized carbons (Fsp3) is 0.556. The van der Waals surface area contributed by atoms with Gasteiger partial charge in [-0.3, -0.25) is 9.59 Å².